The van der Waals surface area contributed by atoms with Crippen LogP contribution in [0.1, 0.15) is 11.4 Å². The fourth-order valence-electron chi connectivity index (χ4n) is 2.18. The van der Waals surface area contributed by atoms with Gasteiger partial charge in [-0.25, -0.2) is 13.4 Å². The number of rotatable bonds is 3. The van der Waals surface area contributed by atoms with E-state index < -0.39 is 9.84 Å². The number of aromatic nitrogens is 2. The second-order valence-electron chi connectivity index (χ2n) is 4.79. The molecular formula is C15H13BrN2O2S. The molecule has 0 aliphatic rings. The lowest BCUT2D eigenvalue weighted by Gasteiger charge is -2.05. The number of fused-ring (bicyclic) bond motifs is 1. The first-order valence-electron chi connectivity index (χ1n) is 6.37. The predicted octanol–water partition coefficient (Wildman–Crippen LogP) is 3.60. The number of aromatic amines is 1. The lowest BCUT2D eigenvalue weighted by atomic mass is 10.2. The zero-order chi connectivity index (χ0) is 15.0. The highest BCUT2D eigenvalue weighted by Gasteiger charge is 2.22. The fourth-order valence-corrected chi connectivity index (χ4v) is 3.86. The molecular weight excluding hydrogens is 352 g/mol. The number of hydrogen-bond acceptors (Lipinski definition) is 3. The maximum atomic E-state index is 12.8. The molecule has 0 saturated heterocycles. The lowest BCUT2D eigenvalue weighted by Crippen LogP contribution is -2.02. The molecule has 6 heteroatoms. The molecule has 0 unspecified atom stereocenters. The quantitative estimate of drug-likeness (QED) is 0.722. The number of halogens is 1. The van der Waals surface area contributed by atoms with Crippen LogP contribution >= 0.6 is 15.9 Å². The van der Waals surface area contributed by atoms with Crippen LogP contribution in [-0.4, -0.2) is 18.4 Å². The number of imidazole rings is 1. The van der Waals surface area contributed by atoms with Gasteiger partial charge in [0.05, 0.1) is 20.6 Å². The maximum Gasteiger partial charge on any atom is 0.208 e. The van der Waals surface area contributed by atoms with Crippen LogP contribution in [0.5, 0.6) is 0 Å². The molecule has 4 nitrogen and oxygen atoms in total. The van der Waals surface area contributed by atoms with Crippen LogP contribution in [0, 0.1) is 6.92 Å². The first-order chi connectivity index (χ1) is 10.0. The Labute approximate surface area is 131 Å². The molecule has 0 atom stereocenters. The summed E-state index contributed by atoms with van der Waals surface area (Å²) in [5.74, 6) is 0.705. The molecule has 3 rings (SSSR count). The van der Waals surface area contributed by atoms with Crippen LogP contribution < -0.4 is 0 Å². The number of benzene rings is 2. The minimum Gasteiger partial charge on any atom is -0.341 e. The summed E-state index contributed by atoms with van der Waals surface area (Å²) in [7, 11) is -3.58. The average Bonchev–Trinajstić information content (AvgIpc) is 2.90. The van der Waals surface area contributed by atoms with Gasteiger partial charge >= 0.3 is 0 Å². The smallest absolute Gasteiger partial charge is 0.208 e. The van der Waals surface area contributed by atoms with E-state index in [1.807, 2.05) is 13.0 Å². The van der Waals surface area contributed by atoms with Gasteiger partial charge in [0.15, 0.2) is 0 Å². The first kappa shape index (κ1) is 14.3. The third kappa shape index (κ3) is 2.49. The van der Waals surface area contributed by atoms with Crippen molar-refractivity contribution >= 4 is 36.8 Å². The molecule has 108 valence electrons. The normalized spacial score (nSPS) is 11.9. The molecule has 1 heterocycles. The van der Waals surface area contributed by atoms with E-state index in [1.54, 1.807) is 36.4 Å². The van der Waals surface area contributed by atoms with Crippen molar-refractivity contribution in [1.82, 2.24) is 9.97 Å². The van der Waals surface area contributed by atoms with Crippen molar-refractivity contribution < 1.29 is 8.42 Å². The third-order valence-corrected chi connectivity index (χ3v) is 5.60. The second-order valence-corrected chi connectivity index (χ2v) is 7.26. The molecule has 3 aromatic rings. The summed E-state index contributed by atoms with van der Waals surface area (Å²) in [6.07, 6.45) is 0. The SMILES string of the molecule is Cc1ccc(S(=O)(=O)c2cccc3[nH]c(CBr)nc23)cc1. The van der Waals surface area contributed by atoms with E-state index in [2.05, 4.69) is 25.9 Å². The monoisotopic (exact) mass is 364 g/mol. The summed E-state index contributed by atoms with van der Waals surface area (Å²) in [5.41, 5.74) is 2.22. The van der Waals surface area contributed by atoms with Gasteiger partial charge in [0.2, 0.25) is 9.84 Å². The Morgan fingerprint density at radius 3 is 2.52 bits per heavy atom. The number of H-pyrrole nitrogens is 1. The van der Waals surface area contributed by atoms with Crippen LogP contribution in [0.4, 0.5) is 0 Å². The summed E-state index contributed by atoms with van der Waals surface area (Å²) < 4.78 is 25.6. The van der Waals surface area contributed by atoms with E-state index in [0.29, 0.717) is 16.7 Å². The standard InChI is InChI=1S/C15H13BrN2O2S/c1-10-5-7-11(8-6-10)21(19,20)13-4-2-3-12-15(13)18-14(9-16)17-12/h2-8H,9H2,1H3,(H,17,18). The van der Waals surface area contributed by atoms with Gasteiger partial charge in [-0.1, -0.05) is 39.7 Å². The molecule has 0 amide bonds. The molecule has 0 radical (unpaired) electrons. The summed E-state index contributed by atoms with van der Waals surface area (Å²) in [5, 5.41) is 0.547. The van der Waals surface area contributed by atoms with Gasteiger partial charge < -0.3 is 4.98 Å². The van der Waals surface area contributed by atoms with Gasteiger partial charge in [-0.05, 0) is 31.2 Å². The molecule has 0 saturated carbocycles. The molecule has 1 N–H and O–H groups in total. The summed E-state index contributed by atoms with van der Waals surface area (Å²) in [6.45, 7) is 1.92. The number of nitrogens with one attached hydrogen (secondary N) is 1. The van der Waals surface area contributed by atoms with Gasteiger partial charge in [-0.15, -0.1) is 0 Å². The minimum absolute atomic E-state index is 0.229. The second kappa shape index (κ2) is 5.27. The Hall–Kier alpha value is -1.66. The van der Waals surface area contributed by atoms with Crippen molar-refractivity contribution in [2.45, 2.75) is 22.0 Å². The number of hydrogen-bond donors (Lipinski definition) is 1. The van der Waals surface area contributed by atoms with E-state index in [9.17, 15) is 8.42 Å². The van der Waals surface area contributed by atoms with Crippen molar-refractivity contribution in [3.63, 3.8) is 0 Å². The molecule has 0 aliphatic heterocycles. The highest BCUT2D eigenvalue weighted by atomic mass is 79.9. The summed E-state index contributed by atoms with van der Waals surface area (Å²) in [6, 6.07) is 12.0. The topological polar surface area (TPSA) is 62.8 Å². The van der Waals surface area contributed by atoms with Gasteiger partial charge in [0.1, 0.15) is 11.3 Å². The average molecular weight is 365 g/mol. The Bertz CT molecular complexity index is 899. The number of sulfone groups is 1. The molecule has 2 aromatic carbocycles. The van der Waals surface area contributed by atoms with Crippen LogP contribution in [0.3, 0.4) is 0 Å². The van der Waals surface area contributed by atoms with Crippen LogP contribution in [0.2, 0.25) is 0 Å². The van der Waals surface area contributed by atoms with Gasteiger partial charge in [0.25, 0.3) is 0 Å². The first-order valence-corrected chi connectivity index (χ1v) is 8.98. The number of para-hydroxylation sites is 1. The number of nitrogens with zero attached hydrogens (tertiary/aromatic N) is 1. The van der Waals surface area contributed by atoms with Crippen molar-refractivity contribution in [2.75, 3.05) is 0 Å². The maximum absolute atomic E-state index is 12.8. The Morgan fingerprint density at radius 2 is 1.86 bits per heavy atom. The molecule has 0 bridgehead atoms. The highest BCUT2D eigenvalue weighted by molar-refractivity contribution is 9.08. The molecule has 0 spiro atoms. The highest BCUT2D eigenvalue weighted by Crippen LogP contribution is 2.27. The van der Waals surface area contributed by atoms with Gasteiger partial charge in [-0.3, -0.25) is 0 Å². The molecule has 0 fully saturated rings. The van der Waals surface area contributed by atoms with E-state index in [-0.39, 0.29) is 9.79 Å². The van der Waals surface area contributed by atoms with E-state index in [0.717, 1.165) is 11.1 Å². The largest absolute Gasteiger partial charge is 0.341 e. The van der Waals surface area contributed by atoms with Crippen molar-refractivity contribution in [3.05, 3.63) is 53.9 Å². The fraction of sp³-hybridized carbons (Fsp3) is 0.133. The third-order valence-electron chi connectivity index (χ3n) is 3.27. The molecule has 1 aromatic heterocycles. The Morgan fingerprint density at radius 1 is 1.14 bits per heavy atom. The lowest BCUT2D eigenvalue weighted by molar-refractivity contribution is 0.597. The van der Waals surface area contributed by atoms with E-state index in [4.69, 9.17) is 0 Å². The van der Waals surface area contributed by atoms with Gasteiger partial charge in [0, 0.05) is 0 Å². The number of alkyl halides is 1. The Balaban J connectivity index is 2.23. The summed E-state index contributed by atoms with van der Waals surface area (Å²) >= 11 is 3.32. The Kier molecular flexibility index (Phi) is 3.59. The zero-order valence-electron chi connectivity index (χ0n) is 11.3. The van der Waals surface area contributed by atoms with Crippen LogP contribution in [0.15, 0.2) is 52.3 Å². The number of aryl methyl sites for hydroxylation is 1. The minimum atomic E-state index is -3.58. The van der Waals surface area contributed by atoms with E-state index in [1.165, 1.54) is 0 Å². The van der Waals surface area contributed by atoms with E-state index >= 15 is 0 Å². The summed E-state index contributed by atoms with van der Waals surface area (Å²) in [4.78, 5) is 7.97. The van der Waals surface area contributed by atoms with Crippen LogP contribution in [0.25, 0.3) is 11.0 Å². The molecule has 21 heavy (non-hydrogen) atoms. The van der Waals surface area contributed by atoms with Crippen LogP contribution in [-0.2, 0) is 15.2 Å². The van der Waals surface area contributed by atoms with Crippen molar-refractivity contribution in [2.24, 2.45) is 0 Å². The van der Waals surface area contributed by atoms with Crippen molar-refractivity contribution in [3.8, 4) is 0 Å². The van der Waals surface area contributed by atoms with Crippen molar-refractivity contribution in [1.29, 1.82) is 0 Å². The zero-order valence-corrected chi connectivity index (χ0v) is 13.7. The van der Waals surface area contributed by atoms with Gasteiger partial charge in [-0.2, -0.15) is 0 Å². The molecule has 0 aliphatic carbocycles. The predicted molar refractivity (Wildman–Crippen MR) is 85.4 cm³/mol.